The summed E-state index contributed by atoms with van der Waals surface area (Å²) in [5, 5.41) is 14.6. The molecule has 0 amide bonds. The molecule has 0 aliphatic rings. The monoisotopic (exact) mass is 312 g/mol. The van der Waals surface area contributed by atoms with Gasteiger partial charge >= 0.3 is 11.7 Å². The SMILES string of the molecule is COC(=O)COc1ccc(C=NNC(N)=S)cc1[N+](=O)[O-]. The van der Waals surface area contributed by atoms with Crippen LogP contribution in [0.25, 0.3) is 0 Å². The molecule has 0 fully saturated rings. The molecule has 1 aromatic rings. The van der Waals surface area contributed by atoms with E-state index >= 15 is 0 Å². The van der Waals surface area contributed by atoms with Crippen LogP contribution in [0.2, 0.25) is 0 Å². The minimum atomic E-state index is -0.643. The van der Waals surface area contributed by atoms with Crippen molar-refractivity contribution in [1.82, 2.24) is 5.43 Å². The lowest BCUT2D eigenvalue weighted by atomic mass is 10.2. The van der Waals surface area contributed by atoms with Crippen molar-refractivity contribution >= 4 is 35.2 Å². The molecular weight excluding hydrogens is 300 g/mol. The van der Waals surface area contributed by atoms with Gasteiger partial charge in [0.1, 0.15) is 0 Å². The number of hydrogen-bond acceptors (Lipinski definition) is 7. The van der Waals surface area contributed by atoms with E-state index in [1.165, 1.54) is 31.5 Å². The van der Waals surface area contributed by atoms with Gasteiger partial charge in [0.2, 0.25) is 0 Å². The summed E-state index contributed by atoms with van der Waals surface area (Å²) in [7, 11) is 1.19. The van der Waals surface area contributed by atoms with Crippen molar-refractivity contribution in [2.75, 3.05) is 13.7 Å². The molecule has 0 aliphatic carbocycles. The van der Waals surface area contributed by atoms with Gasteiger partial charge in [0.15, 0.2) is 17.5 Å². The van der Waals surface area contributed by atoms with E-state index < -0.39 is 17.5 Å². The molecule has 21 heavy (non-hydrogen) atoms. The average Bonchev–Trinajstić information content (AvgIpc) is 2.44. The normalized spacial score (nSPS) is 10.1. The molecule has 112 valence electrons. The molecule has 0 unspecified atom stereocenters. The van der Waals surface area contributed by atoms with Crippen LogP contribution in [0.4, 0.5) is 5.69 Å². The van der Waals surface area contributed by atoms with Crippen molar-refractivity contribution in [2.24, 2.45) is 10.8 Å². The second-order valence-corrected chi connectivity index (χ2v) is 4.02. The predicted octanol–water partition coefficient (Wildman–Crippen LogP) is 0.314. The third-order valence-electron chi connectivity index (χ3n) is 2.14. The molecule has 0 heterocycles. The Morgan fingerprint density at radius 1 is 1.62 bits per heavy atom. The van der Waals surface area contributed by atoms with Gasteiger partial charge in [-0.05, 0) is 24.4 Å². The van der Waals surface area contributed by atoms with Crippen LogP contribution < -0.4 is 15.9 Å². The molecule has 0 aliphatic heterocycles. The molecular formula is C11H12N4O5S. The molecule has 10 heteroatoms. The summed E-state index contributed by atoms with van der Waals surface area (Å²) >= 11 is 4.55. The first-order valence-corrected chi connectivity index (χ1v) is 5.91. The number of benzene rings is 1. The Morgan fingerprint density at radius 3 is 2.90 bits per heavy atom. The highest BCUT2D eigenvalue weighted by atomic mass is 32.1. The number of hydrogen-bond donors (Lipinski definition) is 2. The van der Waals surface area contributed by atoms with Gasteiger partial charge in [-0.15, -0.1) is 0 Å². The van der Waals surface area contributed by atoms with E-state index in [-0.39, 0.29) is 16.5 Å². The van der Waals surface area contributed by atoms with Crippen molar-refractivity contribution in [3.63, 3.8) is 0 Å². The fourth-order valence-electron chi connectivity index (χ4n) is 1.25. The summed E-state index contributed by atoms with van der Waals surface area (Å²) in [6.45, 7) is -0.423. The summed E-state index contributed by atoms with van der Waals surface area (Å²) in [5.74, 6) is -0.694. The molecule has 9 nitrogen and oxygen atoms in total. The van der Waals surface area contributed by atoms with Gasteiger partial charge in [-0.1, -0.05) is 0 Å². The van der Waals surface area contributed by atoms with Crippen LogP contribution in [0.1, 0.15) is 5.56 Å². The molecule has 0 aromatic heterocycles. The number of carbonyl (C=O) groups is 1. The maximum Gasteiger partial charge on any atom is 0.343 e. The van der Waals surface area contributed by atoms with Crippen LogP contribution in [0.15, 0.2) is 23.3 Å². The van der Waals surface area contributed by atoms with Gasteiger partial charge in [-0.25, -0.2) is 4.79 Å². The fourth-order valence-corrected chi connectivity index (χ4v) is 1.30. The Kier molecular flexibility index (Phi) is 6.01. The lowest BCUT2D eigenvalue weighted by Gasteiger charge is -2.06. The number of nitro groups is 1. The van der Waals surface area contributed by atoms with Gasteiger partial charge in [-0.2, -0.15) is 5.10 Å². The highest BCUT2D eigenvalue weighted by molar-refractivity contribution is 7.80. The Morgan fingerprint density at radius 2 is 2.33 bits per heavy atom. The molecule has 0 bridgehead atoms. The molecule has 0 spiro atoms. The summed E-state index contributed by atoms with van der Waals surface area (Å²) < 4.78 is 9.42. The van der Waals surface area contributed by atoms with E-state index in [1.807, 2.05) is 0 Å². The minimum Gasteiger partial charge on any atom is -0.475 e. The number of nitrogens with one attached hydrogen (secondary N) is 1. The number of carbonyl (C=O) groups excluding carboxylic acids is 1. The zero-order valence-electron chi connectivity index (χ0n) is 10.9. The highest BCUT2D eigenvalue weighted by Crippen LogP contribution is 2.27. The Bertz CT molecular complexity index is 590. The number of hydrazone groups is 1. The highest BCUT2D eigenvalue weighted by Gasteiger charge is 2.16. The Balaban J connectivity index is 2.91. The van der Waals surface area contributed by atoms with Crippen molar-refractivity contribution in [2.45, 2.75) is 0 Å². The number of ether oxygens (including phenoxy) is 2. The van der Waals surface area contributed by atoms with Crippen molar-refractivity contribution in [3.05, 3.63) is 33.9 Å². The topological polar surface area (TPSA) is 129 Å². The average molecular weight is 312 g/mol. The van der Waals surface area contributed by atoms with Crippen LogP contribution in [-0.4, -0.2) is 35.9 Å². The first-order valence-electron chi connectivity index (χ1n) is 5.50. The maximum absolute atomic E-state index is 11.0. The van der Waals surface area contributed by atoms with Gasteiger partial charge in [0.25, 0.3) is 0 Å². The van der Waals surface area contributed by atoms with Gasteiger partial charge in [-0.3, -0.25) is 15.5 Å². The third-order valence-corrected chi connectivity index (χ3v) is 2.23. The number of thiocarbonyl (C=S) groups is 1. The zero-order chi connectivity index (χ0) is 15.8. The second kappa shape index (κ2) is 7.75. The molecule has 1 rings (SSSR count). The Labute approximate surface area is 124 Å². The van der Waals surface area contributed by atoms with Crippen LogP contribution in [0.3, 0.4) is 0 Å². The van der Waals surface area contributed by atoms with Crippen LogP contribution in [0.5, 0.6) is 5.75 Å². The van der Waals surface area contributed by atoms with E-state index in [0.717, 1.165) is 0 Å². The Hall–Kier alpha value is -2.75. The lowest BCUT2D eigenvalue weighted by molar-refractivity contribution is -0.385. The van der Waals surface area contributed by atoms with Crippen molar-refractivity contribution in [3.8, 4) is 5.75 Å². The standard InChI is InChI=1S/C11H12N4O5S/c1-19-10(16)6-20-9-3-2-7(4-8(9)15(17)18)5-13-14-11(12)21/h2-5H,6H2,1H3,(H3,12,14,21). The molecule has 0 radical (unpaired) electrons. The molecule has 0 atom stereocenters. The molecule has 0 saturated carbocycles. The largest absolute Gasteiger partial charge is 0.475 e. The number of rotatable bonds is 6. The number of nitro benzene ring substituents is 1. The molecule has 1 aromatic carbocycles. The summed E-state index contributed by atoms with van der Waals surface area (Å²) in [4.78, 5) is 21.3. The van der Waals surface area contributed by atoms with E-state index in [9.17, 15) is 14.9 Å². The first kappa shape index (κ1) is 16.3. The van der Waals surface area contributed by atoms with Crippen molar-refractivity contribution < 1.29 is 19.2 Å². The number of esters is 1. The minimum absolute atomic E-state index is 0.0289. The van der Waals surface area contributed by atoms with E-state index in [1.54, 1.807) is 0 Å². The summed E-state index contributed by atoms with van der Waals surface area (Å²) in [6, 6.07) is 4.10. The van der Waals surface area contributed by atoms with Gasteiger partial charge in [0, 0.05) is 11.6 Å². The number of nitrogens with two attached hydrogens (primary N) is 1. The van der Waals surface area contributed by atoms with E-state index in [0.29, 0.717) is 5.56 Å². The zero-order valence-corrected chi connectivity index (χ0v) is 11.8. The van der Waals surface area contributed by atoms with Crippen molar-refractivity contribution in [1.29, 1.82) is 0 Å². The molecule has 0 saturated heterocycles. The second-order valence-electron chi connectivity index (χ2n) is 3.58. The maximum atomic E-state index is 11.0. The summed E-state index contributed by atoms with van der Waals surface area (Å²) in [6.07, 6.45) is 1.30. The first-order chi connectivity index (χ1) is 9.93. The van der Waals surface area contributed by atoms with Crippen LogP contribution in [-0.2, 0) is 9.53 Å². The quantitative estimate of drug-likeness (QED) is 0.252. The number of methoxy groups -OCH3 is 1. The summed E-state index contributed by atoms with van der Waals surface area (Å²) in [5.41, 5.74) is 7.62. The number of nitrogens with zero attached hydrogens (tertiary/aromatic N) is 2. The molecule has 3 N–H and O–H groups in total. The van der Waals surface area contributed by atoms with Crippen LogP contribution in [0, 0.1) is 10.1 Å². The smallest absolute Gasteiger partial charge is 0.343 e. The third kappa shape index (κ3) is 5.40. The lowest BCUT2D eigenvalue weighted by Crippen LogP contribution is -2.23. The van der Waals surface area contributed by atoms with Gasteiger partial charge in [0.05, 0.1) is 18.2 Å². The predicted molar refractivity (Wildman–Crippen MR) is 78.1 cm³/mol. The van der Waals surface area contributed by atoms with E-state index in [2.05, 4.69) is 27.5 Å². The fraction of sp³-hybridized carbons (Fsp3) is 0.182. The van der Waals surface area contributed by atoms with Crippen LogP contribution >= 0.6 is 12.2 Å². The van der Waals surface area contributed by atoms with Gasteiger partial charge < -0.3 is 15.2 Å². The van der Waals surface area contributed by atoms with E-state index in [4.69, 9.17) is 10.5 Å².